The Morgan fingerprint density at radius 3 is 2.40 bits per heavy atom. The molecule has 1 saturated heterocycles. The van der Waals surface area contributed by atoms with Crippen LogP contribution in [-0.4, -0.2) is 40.0 Å². The van der Waals surface area contributed by atoms with Crippen LogP contribution in [0.2, 0.25) is 0 Å². The summed E-state index contributed by atoms with van der Waals surface area (Å²) in [6.45, 7) is 1.56. The molecule has 1 N–H and O–H groups in total. The molecule has 1 saturated carbocycles. The van der Waals surface area contributed by atoms with E-state index in [2.05, 4.69) is 4.98 Å². The van der Waals surface area contributed by atoms with Crippen molar-refractivity contribution in [2.75, 3.05) is 13.1 Å². The van der Waals surface area contributed by atoms with Gasteiger partial charge in [-0.15, -0.1) is 11.3 Å². The lowest BCUT2D eigenvalue weighted by Crippen LogP contribution is -2.42. The van der Waals surface area contributed by atoms with Crippen LogP contribution in [-0.2, 0) is 0 Å². The van der Waals surface area contributed by atoms with Crippen LogP contribution in [0.4, 0.5) is 0 Å². The van der Waals surface area contributed by atoms with Gasteiger partial charge in [0.05, 0.1) is 0 Å². The quantitative estimate of drug-likeness (QED) is 0.910. The van der Waals surface area contributed by atoms with Crippen LogP contribution in [0.3, 0.4) is 0 Å². The number of thiazole rings is 1. The Morgan fingerprint density at radius 1 is 1.20 bits per heavy atom. The third-order valence-electron chi connectivity index (χ3n) is 4.68. The minimum atomic E-state index is -1.08. The number of aromatic carboxylic acids is 1. The largest absolute Gasteiger partial charge is 0.476 e. The van der Waals surface area contributed by atoms with Gasteiger partial charge in [0.25, 0.3) is 5.91 Å². The van der Waals surface area contributed by atoms with Crippen LogP contribution in [0, 0.1) is 5.41 Å². The first-order valence-electron chi connectivity index (χ1n) is 7.08. The number of piperidine rings is 1. The molecule has 0 atom stereocenters. The number of carboxylic acids is 1. The highest BCUT2D eigenvalue weighted by molar-refractivity contribution is 7.11. The lowest BCUT2D eigenvalue weighted by molar-refractivity contribution is 0.0587. The molecule has 108 valence electrons. The van der Waals surface area contributed by atoms with Crippen molar-refractivity contribution in [3.63, 3.8) is 0 Å². The van der Waals surface area contributed by atoms with Gasteiger partial charge in [-0.2, -0.15) is 0 Å². The van der Waals surface area contributed by atoms with E-state index in [1.165, 1.54) is 31.1 Å². The second-order valence-electron chi connectivity index (χ2n) is 5.84. The number of likely N-dealkylation sites (tertiary alicyclic amines) is 1. The summed E-state index contributed by atoms with van der Waals surface area (Å²) in [5, 5.41) is 10.6. The van der Waals surface area contributed by atoms with Gasteiger partial charge in [-0.1, -0.05) is 12.8 Å². The lowest BCUT2D eigenvalue weighted by Gasteiger charge is -2.39. The molecule has 0 unspecified atom stereocenters. The predicted octanol–water partition coefficient (Wildman–Crippen LogP) is 2.64. The SMILES string of the molecule is O=C(O)c1csc(C(=O)N2CCC3(CCCC3)CC2)n1. The molecule has 2 fully saturated rings. The Kier molecular flexibility index (Phi) is 3.50. The van der Waals surface area contributed by atoms with Crippen LogP contribution in [0.1, 0.15) is 58.8 Å². The van der Waals surface area contributed by atoms with Crippen molar-refractivity contribution in [1.82, 2.24) is 9.88 Å². The summed E-state index contributed by atoms with van der Waals surface area (Å²) in [5.74, 6) is -1.20. The van der Waals surface area contributed by atoms with E-state index in [-0.39, 0.29) is 11.6 Å². The molecule has 5 nitrogen and oxygen atoms in total. The molecule has 1 aromatic rings. The number of carbonyl (C=O) groups is 2. The van der Waals surface area contributed by atoms with Crippen LogP contribution in [0.25, 0.3) is 0 Å². The highest BCUT2D eigenvalue weighted by atomic mass is 32.1. The second-order valence-corrected chi connectivity index (χ2v) is 6.70. The van der Waals surface area contributed by atoms with Crippen LogP contribution in [0.15, 0.2) is 5.38 Å². The molecular weight excluding hydrogens is 276 g/mol. The lowest BCUT2D eigenvalue weighted by atomic mass is 9.77. The van der Waals surface area contributed by atoms with Crippen LogP contribution in [0.5, 0.6) is 0 Å². The summed E-state index contributed by atoms with van der Waals surface area (Å²) in [6.07, 6.45) is 7.40. The van der Waals surface area contributed by atoms with Crippen molar-refractivity contribution in [1.29, 1.82) is 0 Å². The summed E-state index contributed by atoms with van der Waals surface area (Å²) < 4.78 is 0. The summed E-state index contributed by atoms with van der Waals surface area (Å²) in [4.78, 5) is 28.9. The number of hydrogen-bond acceptors (Lipinski definition) is 4. The molecule has 1 aromatic heterocycles. The van der Waals surface area contributed by atoms with Crippen LogP contribution < -0.4 is 0 Å². The third kappa shape index (κ3) is 2.44. The van der Waals surface area contributed by atoms with Gasteiger partial charge in [0.2, 0.25) is 0 Å². The molecular formula is C14H18N2O3S. The molecule has 1 aliphatic heterocycles. The average Bonchev–Trinajstić information content (AvgIpc) is 3.08. The number of nitrogens with zero attached hydrogens (tertiary/aromatic N) is 2. The van der Waals surface area contributed by atoms with Crippen molar-refractivity contribution in [3.05, 3.63) is 16.1 Å². The zero-order valence-electron chi connectivity index (χ0n) is 11.3. The molecule has 2 heterocycles. The Balaban J connectivity index is 1.65. The minimum absolute atomic E-state index is 0.0392. The monoisotopic (exact) mass is 294 g/mol. The van der Waals surface area contributed by atoms with Gasteiger partial charge in [-0.25, -0.2) is 9.78 Å². The normalized spacial score (nSPS) is 21.3. The number of amides is 1. The molecule has 0 radical (unpaired) electrons. The Hall–Kier alpha value is -1.43. The number of aromatic nitrogens is 1. The van der Waals surface area contributed by atoms with Crippen molar-refractivity contribution < 1.29 is 14.7 Å². The Labute approximate surface area is 121 Å². The summed E-state index contributed by atoms with van der Waals surface area (Å²) in [6, 6.07) is 0. The number of carbonyl (C=O) groups excluding carboxylic acids is 1. The van der Waals surface area contributed by atoms with E-state index in [1.54, 1.807) is 0 Å². The average molecular weight is 294 g/mol. The maximum Gasteiger partial charge on any atom is 0.355 e. The molecule has 0 bridgehead atoms. The number of hydrogen-bond donors (Lipinski definition) is 1. The predicted molar refractivity (Wildman–Crippen MR) is 75.1 cm³/mol. The van der Waals surface area contributed by atoms with Crippen molar-refractivity contribution >= 4 is 23.2 Å². The topological polar surface area (TPSA) is 70.5 Å². The maximum absolute atomic E-state index is 12.3. The minimum Gasteiger partial charge on any atom is -0.476 e. The van der Waals surface area contributed by atoms with E-state index < -0.39 is 5.97 Å². The standard InChI is InChI=1S/C14H18N2O3S/c17-12(11-15-10(9-20-11)13(18)19)16-7-5-14(6-8-16)3-1-2-4-14/h9H,1-8H2,(H,18,19). The van der Waals surface area contributed by atoms with E-state index in [9.17, 15) is 9.59 Å². The molecule has 0 aromatic carbocycles. The van der Waals surface area contributed by atoms with Crippen LogP contribution >= 0.6 is 11.3 Å². The Morgan fingerprint density at radius 2 is 1.85 bits per heavy atom. The first-order valence-corrected chi connectivity index (χ1v) is 7.96. The smallest absolute Gasteiger partial charge is 0.355 e. The molecule has 1 spiro atoms. The van der Waals surface area contributed by atoms with E-state index in [0.29, 0.717) is 10.4 Å². The molecule has 20 heavy (non-hydrogen) atoms. The summed E-state index contributed by atoms with van der Waals surface area (Å²) in [5.41, 5.74) is 0.439. The van der Waals surface area contributed by atoms with E-state index in [1.807, 2.05) is 4.90 Å². The van der Waals surface area contributed by atoms with Crippen molar-refractivity contribution in [2.45, 2.75) is 38.5 Å². The van der Waals surface area contributed by atoms with Gasteiger partial charge in [0, 0.05) is 18.5 Å². The molecule has 2 aliphatic rings. The highest BCUT2D eigenvalue weighted by Crippen LogP contribution is 2.46. The first-order chi connectivity index (χ1) is 9.60. The van der Waals surface area contributed by atoms with Gasteiger partial charge in [-0.3, -0.25) is 4.79 Å². The van der Waals surface area contributed by atoms with Crippen molar-refractivity contribution in [3.8, 4) is 0 Å². The van der Waals surface area contributed by atoms with Crippen molar-refractivity contribution in [2.24, 2.45) is 5.41 Å². The number of rotatable bonds is 2. The summed E-state index contributed by atoms with van der Waals surface area (Å²) in [7, 11) is 0. The first kappa shape index (κ1) is 13.5. The number of carboxylic acid groups (broad SMARTS) is 1. The van der Waals surface area contributed by atoms with Gasteiger partial charge in [0.15, 0.2) is 10.7 Å². The second kappa shape index (κ2) is 5.16. The Bertz CT molecular complexity index is 524. The molecule has 6 heteroatoms. The van der Waals surface area contributed by atoms with Gasteiger partial charge < -0.3 is 10.0 Å². The third-order valence-corrected chi connectivity index (χ3v) is 5.51. The van der Waals surface area contributed by atoms with E-state index in [4.69, 9.17) is 5.11 Å². The van der Waals surface area contributed by atoms with Gasteiger partial charge in [-0.05, 0) is 31.1 Å². The zero-order valence-corrected chi connectivity index (χ0v) is 12.1. The van der Waals surface area contributed by atoms with E-state index >= 15 is 0 Å². The fourth-order valence-corrected chi connectivity index (χ4v) is 4.17. The van der Waals surface area contributed by atoms with E-state index in [0.717, 1.165) is 37.3 Å². The molecule has 1 amide bonds. The van der Waals surface area contributed by atoms with Gasteiger partial charge >= 0.3 is 5.97 Å². The maximum atomic E-state index is 12.3. The van der Waals surface area contributed by atoms with Gasteiger partial charge in [0.1, 0.15) is 0 Å². The molecule has 1 aliphatic carbocycles. The fourth-order valence-electron chi connectivity index (χ4n) is 3.41. The zero-order chi connectivity index (χ0) is 14.2. The fraction of sp³-hybridized carbons (Fsp3) is 0.643. The molecule has 3 rings (SSSR count). The highest BCUT2D eigenvalue weighted by Gasteiger charge is 2.38. The summed E-state index contributed by atoms with van der Waals surface area (Å²) >= 11 is 1.12.